The predicted octanol–water partition coefficient (Wildman–Crippen LogP) is 3.02. The van der Waals surface area contributed by atoms with Gasteiger partial charge >= 0.3 is 5.97 Å². The molecular weight excluding hydrogens is 268 g/mol. The van der Waals surface area contributed by atoms with Crippen LogP contribution in [0.5, 0.6) is 11.6 Å². The Kier molecular flexibility index (Phi) is 3.73. The van der Waals surface area contributed by atoms with Crippen LogP contribution in [-0.2, 0) is 11.2 Å². The van der Waals surface area contributed by atoms with Gasteiger partial charge in [0, 0.05) is 30.1 Å². The van der Waals surface area contributed by atoms with Crippen molar-refractivity contribution in [2.45, 2.75) is 13.3 Å². The van der Waals surface area contributed by atoms with Gasteiger partial charge in [-0.25, -0.2) is 9.78 Å². The van der Waals surface area contributed by atoms with Crippen LogP contribution >= 0.6 is 0 Å². The van der Waals surface area contributed by atoms with Gasteiger partial charge in [-0.2, -0.15) is 0 Å². The second-order valence-electron chi connectivity index (χ2n) is 4.67. The molecule has 0 spiro atoms. The zero-order valence-electron chi connectivity index (χ0n) is 11.8. The number of nitrogens with one attached hydrogen (secondary N) is 1. The third kappa shape index (κ3) is 2.81. The minimum Gasteiger partial charge on any atom is -0.462 e. The first-order valence-corrected chi connectivity index (χ1v) is 6.94. The molecule has 0 aliphatic carbocycles. The average Bonchev–Trinajstić information content (AvgIpc) is 2.98. The highest BCUT2D eigenvalue weighted by Crippen LogP contribution is 2.33. The number of nitrogens with zero attached hydrogens (tertiary/aromatic N) is 1. The van der Waals surface area contributed by atoms with Crippen LogP contribution in [0.15, 0.2) is 36.5 Å². The molecule has 21 heavy (non-hydrogen) atoms. The van der Waals surface area contributed by atoms with Gasteiger partial charge in [-0.15, -0.1) is 0 Å². The number of carbonyl (C=O) groups excluding carboxylic acids is 1. The van der Waals surface area contributed by atoms with E-state index in [4.69, 9.17) is 9.47 Å². The first-order chi connectivity index (χ1) is 10.3. The van der Waals surface area contributed by atoms with Crippen molar-refractivity contribution < 1.29 is 14.3 Å². The van der Waals surface area contributed by atoms with Crippen LogP contribution in [-0.4, -0.2) is 24.1 Å². The highest BCUT2D eigenvalue weighted by Gasteiger charge is 2.15. The summed E-state index contributed by atoms with van der Waals surface area (Å²) in [6.45, 7) is 3.04. The first-order valence-electron chi connectivity index (χ1n) is 6.94. The van der Waals surface area contributed by atoms with E-state index in [1.165, 1.54) is 6.20 Å². The zero-order valence-corrected chi connectivity index (χ0v) is 11.8. The zero-order chi connectivity index (χ0) is 14.7. The lowest BCUT2D eigenvalue weighted by atomic mass is 10.1. The standard InChI is InChI=1S/C16H16N2O3/c1-2-20-16(19)11-6-7-15(18-10-11)21-14-5-3-4-13-12(14)8-9-17-13/h3-7,10,17H,2,8-9H2,1H3. The molecule has 1 aromatic heterocycles. The highest BCUT2D eigenvalue weighted by molar-refractivity contribution is 5.89. The Bertz CT molecular complexity index is 653. The molecule has 0 bridgehead atoms. The molecule has 0 atom stereocenters. The largest absolute Gasteiger partial charge is 0.462 e. The van der Waals surface area contributed by atoms with Gasteiger partial charge in [0.05, 0.1) is 12.2 Å². The van der Waals surface area contributed by atoms with Crippen molar-refractivity contribution in [2.75, 3.05) is 18.5 Å². The summed E-state index contributed by atoms with van der Waals surface area (Å²) in [7, 11) is 0. The number of anilines is 1. The maximum absolute atomic E-state index is 11.6. The van der Waals surface area contributed by atoms with Crippen LogP contribution in [0.3, 0.4) is 0 Å². The summed E-state index contributed by atoms with van der Waals surface area (Å²) in [5.74, 6) is 0.888. The van der Waals surface area contributed by atoms with Gasteiger partial charge in [-0.05, 0) is 31.5 Å². The van der Waals surface area contributed by atoms with E-state index in [0.29, 0.717) is 18.1 Å². The lowest BCUT2D eigenvalue weighted by molar-refractivity contribution is 0.0526. The Balaban J connectivity index is 1.77. The minimum atomic E-state index is -0.374. The van der Waals surface area contributed by atoms with E-state index in [9.17, 15) is 4.79 Å². The van der Waals surface area contributed by atoms with Crippen LogP contribution in [0.4, 0.5) is 5.69 Å². The number of rotatable bonds is 4. The molecule has 2 heterocycles. The third-order valence-electron chi connectivity index (χ3n) is 3.29. The molecule has 1 aliphatic rings. The van der Waals surface area contributed by atoms with Gasteiger partial charge < -0.3 is 14.8 Å². The van der Waals surface area contributed by atoms with Crippen LogP contribution in [0.2, 0.25) is 0 Å². The Morgan fingerprint density at radius 3 is 3.00 bits per heavy atom. The van der Waals surface area contributed by atoms with Gasteiger partial charge in [-0.3, -0.25) is 0 Å². The van der Waals surface area contributed by atoms with Crippen LogP contribution in [0.1, 0.15) is 22.8 Å². The van der Waals surface area contributed by atoms with Crippen LogP contribution < -0.4 is 10.1 Å². The maximum atomic E-state index is 11.6. The van der Waals surface area contributed by atoms with E-state index in [0.717, 1.165) is 30.0 Å². The van der Waals surface area contributed by atoms with E-state index in [-0.39, 0.29) is 5.97 Å². The summed E-state index contributed by atoms with van der Waals surface area (Å²) < 4.78 is 10.7. The summed E-state index contributed by atoms with van der Waals surface area (Å²) in [6.07, 6.45) is 2.40. The van der Waals surface area contributed by atoms with E-state index in [2.05, 4.69) is 10.3 Å². The van der Waals surface area contributed by atoms with Crippen LogP contribution in [0.25, 0.3) is 0 Å². The van der Waals surface area contributed by atoms with E-state index in [1.54, 1.807) is 19.1 Å². The molecule has 5 heteroatoms. The Hall–Kier alpha value is -2.56. The number of carbonyl (C=O) groups is 1. The number of aromatic nitrogens is 1. The fourth-order valence-corrected chi connectivity index (χ4v) is 2.30. The second kappa shape index (κ2) is 5.83. The molecule has 2 aromatic rings. The fourth-order valence-electron chi connectivity index (χ4n) is 2.30. The molecule has 0 amide bonds. The molecule has 1 aromatic carbocycles. The Labute approximate surface area is 122 Å². The van der Waals surface area contributed by atoms with Crippen LogP contribution in [0, 0.1) is 0 Å². The second-order valence-corrected chi connectivity index (χ2v) is 4.67. The first kappa shape index (κ1) is 13.4. The molecule has 0 radical (unpaired) electrons. The fraction of sp³-hybridized carbons (Fsp3) is 0.250. The minimum absolute atomic E-state index is 0.347. The van der Waals surface area contributed by atoms with Crippen molar-refractivity contribution in [1.29, 1.82) is 0 Å². The molecule has 3 rings (SSSR count). The number of hydrogen-bond acceptors (Lipinski definition) is 5. The number of pyridine rings is 1. The van der Waals surface area contributed by atoms with E-state index < -0.39 is 0 Å². The summed E-state index contributed by atoms with van der Waals surface area (Å²) >= 11 is 0. The van der Waals surface area contributed by atoms with Crippen molar-refractivity contribution in [1.82, 2.24) is 4.98 Å². The van der Waals surface area contributed by atoms with Crippen molar-refractivity contribution in [2.24, 2.45) is 0 Å². The Morgan fingerprint density at radius 1 is 1.33 bits per heavy atom. The molecule has 1 aliphatic heterocycles. The number of ether oxygens (including phenoxy) is 2. The predicted molar refractivity (Wildman–Crippen MR) is 78.9 cm³/mol. The number of hydrogen-bond donors (Lipinski definition) is 1. The Morgan fingerprint density at radius 2 is 2.24 bits per heavy atom. The molecule has 0 fully saturated rings. The smallest absolute Gasteiger partial charge is 0.339 e. The molecule has 0 saturated carbocycles. The van der Waals surface area contributed by atoms with Gasteiger partial charge in [0.1, 0.15) is 5.75 Å². The number of fused-ring (bicyclic) bond motifs is 1. The summed E-state index contributed by atoms with van der Waals surface area (Å²) in [6, 6.07) is 9.23. The quantitative estimate of drug-likeness (QED) is 0.874. The van der Waals surface area contributed by atoms with E-state index >= 15 is 0 Å². The van der Waals surface area contributed by atoms with Gasteiger partial charge in [-0.1, -0.05) is 6.07 Å². The average molecular weight is 284 g/mol. The summed E-state index contributed by atoms with van der Waals surface area (Å²) in [5, 5.41) is 3.30. The molecule has 1 N–H and O–H groups in total. The SMILES string of the molecule is CCOC(=O)c1ccc(Oc2cccc3c2CCN3)nc1. The van der Waals surface area contributed by atoms with Gasteiger partial charge in [0.2, 0.25) is 5.88 Å². The lowest BCUT2D eigenvalue weighted by Gasteiger charge is -2.09. The molecule has 0 unspecified atom stereocenters. The van der Waals surface area contributed by atoms with Gasteiger partial charge in [0.25, 0.3) is 0 Å². The summed E-state index contributed by atoms with van der Waals surface area (Å²) in [4.78, 5) is 15.7. The summed E-state index contributed by atoms with van der Waals surface area (Å²) in [5.41, 5.74) is 2.69. The van der Waals surface area contributed by atoms with Crippen molar-refractivity contribution in [3.63, 3.8) is 0 Å². The molecule has 0 saturated heterocycles. The molecule has 108 valence electrons. The maximum Gasteiger partial charge on any atom is 0.339 e. The van der Waals surface area contributed by atoms with Crippen molar-refractivity contribution in [3.8, 4) is 11.6 Å². The monoisotopic (exact) mass is 284 g/mol. The van der Waals surface area contributed by atoms with Gasteiger partial charge in [0.15, 0.2) is 0 Å². The normalized spacial score (nSPS) is 12.4. The number of esters is 1. The third-order valence-corrected chi connectivity index (χ3v) is 3.29. The molecular formula is C16H16N2O3. The van der Waals surface area contributed by atoms with E-state index in [1.807, 2.05) is 18.2 Å². The topological polar surface area (TPSA) is 60.5 Å². The number of benzene rings is 1. The molecule has 5 nitrogen and oxygen atoms in total. The highest BCUT2D eigenvalue weighted by atomic mass is 16.5. The van der Waals surface area contributed by atoms with Crippen molar-refractivity contribution >= 4 is 11.7 Å². The lowest BCUT2D eigenvalue weighted by Crippen LogP contribution is -2.05. The van der Waals surface area contributed by atoms with Crippen molar-refractivity contribution in [3.05, 3.63) is 47.7 Å².